The zero-order valence-corrected chi connectivity index (χ0v) is 10.8. The van der Waals surface area contributed by atoms with E-state index in [1.165, 1.54) is 0 Å². The van der Waals surface area contributed by atoms with Crippen molar-refractivity contribution in [2.75, 3.05) is 0 Å². The third kappa shape index (κ3) is 2.68. The first-order chi connectivity index (χ1) is 8.59. The molecular formula is C10H7O7S2. The van der Waals surface area contributed by atoms with Gasteiger partial charge < -0.3 is 0 Å². The molecule has 0 aliphatic carbocycles. The Morgan fingerprint density at radius 2 is 1.32 bits per heavy atom. The Labute approximate surface area is 108 Å². The standard InChI is InChI=1S/C10H7O7S2/c11-10-5-8(19(15,16)17)4-6-3-7(18(12,13)14)1-2-9(6)10/h1-5H,(H,12,13,14)(H,15,16,17). The third-order valence-electron chi connectivity index (χ3n) is 2.46. The zero-order valence-electron chi connectivity index (χ0n) is 9.14. The van der Waals surface area contributed by atoms with E-state index in [0.29, 0.717) is 0 Å². The number of hydrogen-bond acceptors (Lipinski definition) is 4. The van der Waals surface area contributed by atoms with E-state index in [1.807, 2.05) is 0 Å². The van der Waals surface area contributed by atoms with E-state index in [-0.39, 0.29) is 10.8 Å². The predicted molar refractivity (Wildman–Crippen MR) is 63.7 cm³/mol. The molecule has 0 aliphatic rings. The maximum atomic E-state index is 11.6. The van der Waals surface area contributed by atoms with Gasteiger partial charge in [-0.05, 0) is 29.7 Å². The van der Waals surface area contributed by atoms with E-state index in [0.717, 1.165) is 30.3 Å². The molecule has 0 heterocycles. The molecule has 0 saturated carbocycles. The van der Waals surface area contributed by atoms with Crippen LogP contribution >= 0.6 is 0 Å². The van der Waals surface area contributed by atoms with Crippen LogP contribution in [0.1, 0.15) is 0 Å². The van der Waals surface area contributed by atoms with Crippen molar-refractivity contribution >= 4 is 31.0 Å². The van der Waals surface area contributed by atoms with Gasteiger partial charge in [-0.15, -0.1) is 0 Å². The van der Waals surface area contributed by atoms with Crippen LogP contribution in [0.3, 0.4) is 0 Å². The van der Waals surface area contributed by atoms with Gasteiger partial charge in [-0.2, -0.15) is 16.8 Å². The Morgan fingerprint density at radius 1 is 0.789 bits per heavy atom. The fraction of sp³-hybridized carbons (Fsp3) is 0. The van der Waals surface area contributed by atoms with Gasteiger partial charge >= 0.3 is 0 Å². The summed E-state index contributed by atoms with van der Waals surface area (Å²) in [4.78, 5) is -1.12. The molecule has 0 saturated heterocycles. The molecule has 101 valence electrons. The number of benzene rings is 2. The molecule has 2 rings (SSSR count). The van der Waals surface area contributed by atoms with Crippen molar-refractivity contribution in [1.82, 2.24) is 0 Å². The van der Waals surface area contributed by atoms with E-state index in [4.69, 9.17) is 9.11 Å². The molecule has 2 aromatic rings. The lowest BCUT2D eigenvalue weighted by Gasteiger charge is -2.04. The Balaban J connectivity index is 2.85. The summed E-state index contributed by atoms with van der Waals surface area (Å²) in [5.41, 5.74) is 0. The summed E-state index contributed by atoms with van der Waals surface area (Å²) in [6.45, 7) is 0. The molecular weight excluding hydrogens is 296 g/mol. The first kappa shape index (κ1) is 13.7. The largest absolute Gasteiger partial charge is 0.294 e. The first-order valence-electron chi connectivity index (χ1n) is 4.79. The molecule has 2 aromatic carbocycles. The minimum absolute atomic E-state index is 0.0183. The molecule has 0 aliphatic heterocycles. The lowest BCUT2D eigenvalue weighted by molar-refractivity contribution is 0.358. The Morgan fingerprint density at radius 3 is 1.84 bits per heavy atom. The minimum atomic E-state index is -4.58. The van der Waals surface area contributed by atoms with Crippen molar-refractivity contribution in [1.29, 1.82) is 0 Å². The van der Waals surface area contributed by atoms with Gasteiger partial charge in [0.1, 0.15) is 0 Å². The highest BCUT2D eigenvalue weighted by molar-refractivity contribution is 7.86. The summed E-state index contributed by atoms with van der Waals surface area (Å²) in [5, 5.41) is 11.7. The van der Waals surface area contributed by atoms with Crippen LogP contribution in [-0.4, -0.2) is 25.9 Å². The topological polar surface area (TPSA) is 129 Å². The molecule has 9 heteroatoms. The van der Waals surface area contributed by atoms with Crippen LogP contribution in [0.4, 0.5) is 0 Å². The highest BCUT2D eigenvalue weighted by Gasteiger charge is 2.16. The van der Waals surface area contributed by atoms with Crippen molar-refractivity contribution in [2.45, 2.75) is 9.79 Å². The lowest BCUT2D eigenvalue weighted by Crippen LogP contribution is -1.99. The van der Waals surface area contributed by atoms with Crippen molar-refractivity contribution in [3.8, 4) is 5.75 Å². The van der Waals surface area contributed by atoms with Gasteiger partial charge in [-0.3, -0.25) is 14.2 Å². The Kier molecular flexibility index (Phi) is 3.01. The molecule has 0 amide bonds. The van der Waals surface area contributed by atoms with Crippen molar-refractivity contribution in [3.05, 3.63) is 30.3 Å². The monoisotopic (exact) mass is 303 g/mol. The van der Waals surface area contributed by atoms with E-state index in [1.54, 1.807) is 0 Å². The smallest absolute Gasteiger partial charge is 0.289 e. The second-order valence-corrected chi connectivity index (χ2v) is 6.60. The van der Waals surface area contributed by atoms with E-state index in [9.17, 15) is 21.9 Å². The molecule has 0 aromatic heterocycles. The number of fused-ring (bicyclic) bond motifs is 1. The Bertz CT molecular complexity index is 861. The minimum Gasteiger partial charge on any atom is -0.289 e. The van der Waals surface area contributed by atoms with Crippen LogP contribution in [0, 0.1) is 0 Å². The van der Waals surface area contributed by atoms with E-state index >= 15 is 0 Å². The predicted octanol–water partition coefficient (Wildman–Crippen LogP) is 1.48. The molecule has 2 N–H and O–H groups in total. The summed E-state index contributed by atoms with van der Waals surface area (Å²) in [7, 11) is -9.05. The molecule has 0 bridgehead atoms. The average molecular weight is 303 g/mol. The van der Waals surface area contributed by atoms with Gasteiger partial charge in [0.25, 0.3) is 20.2 Å². The van der Waals surface area contributed by atoms with Crippen molar-refractivity contribution in [2.24, 2.45) is 0 Å². The summed E-state index contributed by atoms with van der Waals surface area (Å²) >= 11 is 0. The molecule has 0 atom stereocenters. The first-order valence-corrected chi connectivity index (χ1v) is 7.67. The summed E-state index contributed by atoms with van der Waals surface area (Å²) in [6.07, 6.45) is 0. The molecule has 19 heavy (non-hydrogen) atoms. The van der Waals surface area contributed by atoms with Crippen LogP contribution < -0.4 is 0 Å². The van der Waals surface area contributed by atoms with Crippen LogP contribution in [0.15, 0.2) is 40.1 Å². The highest BCUT2D eigenvalue weighted by atomic mass is 32.2. The quantitative estimate of drug-likeness (QED) is 0.808. The highest BCUT2D eigenvalue weighted by Crippen LogP contribution is 2.30. The maximum Gasteiger partial charge on any atom is 0.294 e. The fourth-order valence-corrected chi connectivity index (χ4v) is 2.64. The summed E-state index contributed by atoms with van der Waals surface area (Å²) in [6, 6.07) is 4.78. The Hall–Kier alpha value is -1.68. The zero-order chi connectivity index (χ0) is 14.4. The number of rotatable bonds is 2. The van der Waals surface area contributed by atoms with E-state index in [2.05, 4.69) is 0 Å². The van der Waals surface area contributed by atoms with Gasteiger partial charge in [0.15, 0.2) is 5.75 Å². The maximum absolute atomic E-state index is 11.6. The molecule has 0 spiro atoms. The van der Waals surface area contributed by atoms with Gasteiger partial charge in [0.2, 0.25) is 0 Å². The SMILES string of the molecule is [O]c1cc(S(=O)(=O)O)cc2cc(S(=O)(=O)O)ccc12. The second kappa shape index (κ2) is 4.17. The number of hydrogen-bond donors (Lipinski definition) is 2. The van der Waals surface area contributed by atoms with Crippen LogP contribution in [-0.2, 0) is 25.3 Å². The van der Waals surface area contributed by atoms with Gasteiger partial charge in [-0.1, -0.05) is 0 Å². The van der Waals surface area contributed by atoms with Gasteiger partial charge in [0.05, 0.1) is 9.79 Å². The lowest BCUT2D eigenvalue weighted by atomic mass is 10.1. The summed E-state index contributed by atoms with van der Waals surface area (Å²) < 4.78 is 61.6. The van der Waals surface area contributed by atoms with Crippen molar-refractivity contribution in [3.63, 3.8) is 0 Å². The molecule has 0 unspecified atom stereocenters. The summed E-state index contributed by atoms with van der Waals surface area (Å²) in [5.74, 6) is -0.688. The van der Waals surface area contributed by atoms with Crippen LogP contribution in [0.5, 0.6) is 5.75 Å². The van der Waals surface area contributed by atoms with Crippen LogP contribution in [0.2, 0.25) is 0 Å². The molecule has 0 fully saturated rings. The molecule has 7 nitrogen and oxygen atoms in total. The van der Waals surface area contributed by atoms with Crippen molar-refractivity contribution < 1.29 is 31.0 Å². The normalized spacial score (nSPS) is 12.7. The third-order valence-corrected chi connectivity index (χ3v) is 4.14. The van der Waals surface area contributed by atoms with Gasteiger partial charge in [0, 0.05) is 11.5 Å². The van der Waals surface area contributed by atoms with Gasteiger partial charge in [-0.25, -0.2) is 0 Å². The average Bonchev–Trinajstić information content (AvgIpc) is 2.25. The fourth-order valence-electron chi connectivity index (χ4n) is 1.60. The van der Waals surface area contributed by atoms with E-state index < -0.39 is 35.8 Å². The second-order valence-electron chi connectivity index (χ2n) is 3.75. The molecule has 1 radical (unpaired) electrons. The van der Waals surface area contributed by atoms with Crippen LogP contribution in [0.25, 0.3) is 10.8 Å².